The molecule has 3 nitrogen and oxygen atoms in total. The highest BCUT2D eigenvalue weighted by atomic mass is 16.1. The number of fused-ring (bicyclic) bond motifs is 1. The lowest BCUT2D eigenvalue weighted by Gasteiger charge is -2.27. The second kappa shape index (κ2) is 6.29. The first-order valence-electron chi connectivity index (χ1n) is 7.95. The minimum absolute atomic E-state index is 0.0241. The fraction of sp³-hybridized carbons (Fsp3) is 0.588. The predicted octanol–water partition coefficient (Wildman–Crippen LogP) is 3.28. The van der Waals surface area contributed by atoms with Gasteiger partial charge in [0.25, 0.3) is 0 Å². The lowest BCUT2D eigenvalue weighted by Crippen LogP contribution is -2.36. The van der Waals surface area contributed by atoms with Crippen LogP contribution in [0.25, 0.3) is 0 Å². The van der Waals surface area contributed by atoms with E-state index in [0.29, 0.717) is 5.92 Å². The van der Waals surface area contributed by atoms with Crippen LogP contribution in [0.4, 0.5) is 5.69 Å². The summed E-state index contributed by atoms with van der Waals surface area (Å²) < 4.78 is 0. The van der Waals surface area contributed by atoms with Crippen LogP contribution in [0, 0.1) is 5.92 Å². The smallest absolute Gasteiger partial charge is 0.227 e. The van der Waals surface area contributed by atoms with Gasteiger partial charge in [0.15, 0.2) is 0 Å². The van der Waals surface area contributed by atoms with Crippen molar-refractivity contribution in [3.8, 4) is 0 Å². The van der Waals surface area contributed by atoms with E-state index in [-0.39, 0.29) is 11.8 Å². The molecule has 1 aromatic carbocycles. The number of para-hydroxylation sites is 1. The van der Waals surface area contributed by atoms with Crippen molar-refractivity contribution in [3.63, 3.8) is 0 Å². The number of rotatable bonds is 3. The molecule has 0 radical (unpaired) electrons. The SMILES string of the molecule is O=C(NCC1CCCCC1)C1CCNc2ccccc21. The summed E-state index contributed by atoms with van der Waals surface area (Å²) in [5.74, 6) is 0.935. The Kier molecular flexibility index (Phi) is 4.24. The van der Waals surface area contributed by atoms with Crippen molar-refractivity contribution in [2.75, 3.05) is 18.4 Å². The van der Waals surface area contributed by atoms with Gasteiger partial charge in [-0.3, -0.25) is 4.79 Å². The van der Waals surface area contributed by atoms with Gasteiger partial charge in [0, 0.05) is 18.8 Å². The van der Waals surface area contributed by atoms with Crippen LogP contribution < -0.4 is 10.6 Å². The zero-order valence-corrected chi connectivity index (χ0v) is 12.0. The van der Waals surface area contributed by atoms with Gasteiger partial charge in [0.05, 0.1) is 5.92 Å². The van der Waals surface area contributed by atoms with E-state index in [4.69, 9.17) is 0 Å². The van der Waals surface area contributed by atoms with E-state index in [9.17, 15) is 4.79 Å². The number of amides is 1. The van der Waals surface area contributed by atoms with Gasteiger partial charge in [-0.2, -0.15) is 0 Å². The van der Waals surface area contributed by atoms with Crippen LogP contribution in [0.15, 0.2) is 24.3 Å². The number of nitrogens with one attached hydrogen (secondary N) is 2. The highest BCUT2D eigenvalue weighted by Gasteiger charge is 2.26. The van der Waals surface area contributed by atoms with E-state index in [1.165, 1.54) is 32.1 Å². The molecule has 1 amide bonds. The third-order valence-corrected chi connectivity index (χ3v) is 4.69. The highest BCUT2D eigenvalue weighted by molar-refractivity contribution is 5.86. The van der Waals surface area contributed by atoms with Gasteiger partial charge in [-0.05, 0) is 36.8 Å². The van der Waals surface area contributed by atoms with E-state index in [1.807, 2.05) is 12.1 Å². The van der Waals surface area contributed by atoms with Crippen LogP contribution in [0.1, 0.15) is 50.0 Å². The van der Waals surface area contributed by atoms with Gasteiger partial charge in [-0.25, -0.2) is 0 Å². The van der Waals surface area contributed by atoms with E-state index in [0.717, 1.165) is 30.8 Å². The number of carbonyl (C=O) groups excluding carboxylic acids is 1. The maximum atomic E-state index is 12.5. The minimum atomic E-state index is 0.0241. The van der Waals surface area contributed by atoms with Crippen LogP contribution in [0.2, 0.25) is 0 Å². The summed E-state index contributed by atoms with van der Waals surface area (Å²) in [6.45, 7) is 1.75. The lowest BCUT2D eigenvalue weighted by atomic mass is 9.88. The number of hydrogen-bond donors (Lipinski definition) is 2. The first-order chi connectivity index (χ1) is 9.84. The average Bonchev–Trinajstić information content (AvgIpc) is 2.53. The molecule has 0 bridgehead atoms. The van der Waals surface area contributed by atoms with Crippen LogP contribution in [-0.2, 0) is 4.79 Å². The number of hydrogen-bond acceptors (Lipinski definition) is 2. The molecule has 1 fully saturated rings. The molecule has 3 heteroatoms. The van der Waals surface area contributed by atoms with E-state index in [1.54, 1.807) is 0 Å². The fourth-order valence-corrected chi connectivity index (χ4v) is 3.50. The van der Waals surface area contributed by atoms with Crippen molar-refractivity contribution < 1.29 is 4.79 Å². The summed E-state index contributed by atoms with van der Waals surface area (Å²) >= 11 is 0. The zero-order chi connectivity index (χ0) is 13.8. The average molecular weight is 272 g/mol. The van der Waals surface area contributed by atoms with E-state index >= 15 is 0 Å². The Balaban J connectivity index is 1.60. The number of anilines is 1. The Morgan fingerprint density at radius 2 is 1.95 bits per heavy atom. The highest BCUT2D eigenvalue weighted by Crippen LogP contribution is 2.31. The Labute approximate surface area is 121 Å². The summed E-state index contributed by atoms with van der Waals surface area (Å²) in [7, 11) is 0. The molecule has 1 heterocycles. The van der Waals surface area contributed by atoms with Crippen LogP contribution in [-0.4, -0.2) is 19.0 Å². The zero-order valence-electron chi connectivity index (χ0n) is 12.0. The van der Waals surface area contributed by atoms with Crippen LogP contribution in [0.5, 0.6) is 0 Å². The Morgan fingerprint density at radius 3 is 2.80 bits per heavy atom. The monoisotopic (exact) mass is 272 g/mol. The molecule has 1 atom stereocenters. The van der Waals surface area contributed by atoms with Crippen molar-refractivity contribution in [2.45, 2.75) is 44.4 Å². The Hall–Kier alpha value is -1.51. The molecule has 0 saturated heterocycles. The maximum absolute atomic E-state index is 12.5. The molecular weight excluding hydrogens is 248 g/mol. The van der Waals surface area contributed by atoms with Gasteiger partial charge in [-0.15, -0.1) is 0 Å². The first-order valence-corrected chi connectivity index (χ1v) is 7.95. The normalized spacial score (nSPS) is 22.7. The van der Waals surface area contributed by atoms with Crippen LogP contribution >= 0.6 is 0 Å². The second-order valence-corrected chi connectivity index (χ2v) is 6.10. The molecule has 0 aromatic heterocycles. The molecule has 20 heavy (non-hydrogen) atoms. The molecule has 1 aliphatic heterocycles. The summed E-state index contributed by atoms with van der Waals surface area (Å²) in [5.41, 5.74) is 2.27. The van der Waals surface area contributed by atoms with Gasteiger partial charge < -0.3 is 10.6 Å². The van der Waals surface area contributed by atoms with Gasteiger partial charge in [0.1, 0.15) is 0 Å². The molecule has 2 N–H and O–H groups in total. The molecule has 108 valence electrons. The van der Waals surface area contributed by atoms with Crippen molar-refractivity contribution in [2.24, 2.45) is 5.92 Å². The summed E-state index contributed by atoms with van der Waals surface area (Å²) in [5, 5.41) is 6.57. The Morgan fingerprint density at radius 1 is 1.15 bits per heavy atom. The summed E-state index contributed by atoms with van der Waals surface area (Å²) in [4.78, 5) is 12.5. The molecule has 1 aliphatic carbocycles. The standard InChI is InChI=1S/C17H24N2O/c20-17(19-12-13-6-2-1-3-7-13)15-10-11-18-16-9-5-4-8-14(15)16/h4-5,8-9,13,15,18H,1-3,6-7,10-12H2,(H,19,20). The molecule has 1 unspecified atom stereocenters. The summed E-state index contributed by atoms with van der Waals surface area (Å²) in [6.07, 6.45) is 7.49. The molecule has 1 saturated carbocycles. The number of benzene rings is 1. The van der Waals surface area contributed by atoms with E-state index in [2.05, 4.69) is 22.8 Å². The first kappa shape index (κ1) is 13.5. The predicted molar refractivity (Wildman–Crippen MR) is 81.9 cm³/mol. The topological polar surface area (TPSA) is 41.1 Å². The second-order valence-electron chi connectivity index (χ2n) is 6.10. The van der Waals surface area contributed by atoms with Crippen LogP contribution in [0.3, 0.4) is 0 Å². The quantitative estimate of drug-likeness (QED) is 0.886. The Bertz CT molecular complexity index is 466. The third-order valence-electron chi connectivity index (χ3n) is 4.69. The van der Waals surface area contributed by atoms with Crippen molar-refractivity contribution in [1.82, 2.24) is 5.32 Å². The number of carbonyl (C=O) groups is 1. The lowest BCUT2D eigenvalue weighted by molar-refractivity contribution is -0.122. The minimum Gasteiger partial charge on any atom is -0.385 e. The van der Waals surface area contributed by atoms with Crippen molar-refractivity contribution in [3.05, 3.63) is 29.8 Å². The largest absolute Gasteiger partial charge is 0.385 e. The molecule has 1 aromatic rings. The van der Waals surface area contributed by atoms with E-state index < -0.39 is 0 Å². The molecule has 0 spiro atoms. The summed E-state index contributed by atoms with van der Waals surface area (Å²) in [6, 6.07) is 8.18. The van der Waals surface area contributed by atoms with Crippen molar-refractivity contribution in [1.29, 1.82) is 0 Å². The van der Waals surface area contributed by atoms with Crippen molar-refractivity contribution >= 4 is 11.6 Å². The van der Waals surface area contributed by atoms with Gasteiger partial charge >= 0.3 is 0 Å². The van der Waals surface area contributed by atoms with Gasteiger partial charge in [0.2, 0.25) is 5.91 Å². The van der Waals surface area contributed by atoms with Gasteiger partial charge in [-0.1, -0.05) is 37.5 Å². The maximum Gasteiger partial charge on any atom is 0.227 e. The molecule has 3 rings (SSSR count). The fourth-order valence-electron chi connectivity index (χ4n) is 3.50. The molecular formula is C17H24N2O. The third kappa shape index (κ3) is 2.97. The molecule has 2 aliphatic rings.